The Morgan fingerprint density at radius 2 is 2.06 bits per heavy atom. The number of nitrogens with zero attached hydrogens (tertiary/aromatic N) is 4. The summed E-state index contributed by atoms with van der Waals surface area (Å²) in [5, 5.41) is 9.85. The van der Waals surface area contributed by atoms with E-state index in [-0.39, 0.29) is 48.3 Å². The fourth-order valence-electron chi connectivity index (χ4n) is 4.63. The van der Waals surface area contributed by atoms with E-state index in [2.05, 4.69) is 9.97 Å². The Bertz CT molecular complexity index is 1030. The lowest BCUT2D eigenvalue weighted by Gasteiger charge is -2.38. The van der Waals surface area contributed by atoms with E-state index in [1.54, 1.807) is 41.5 Å². The van der Waals surface area contributed by atoms with Crippen molar-refractivity contribution in [2.24, 2.45) is 11.8 Å². The van der Waals surface area contributed by atoms with Crippen LogP contribution in [0.5, 0.6) is 5.88 Å². The molecule has 35 heavy (non-hydrogen) atoms. The predicted molar refractivity (Wildman–Crippen MR) is 130 cm³/mol. The summed E-state index contributed by atoms with van der Waals surface area (Å²) >= 11 is 0. The fraction of sp³-hybridized carbons (Fsp3) is 0.538. The molecule has 0 radical (unpaired) electrons. The van der Waals surface area contributed by atoms with E-state index >= 15 is 0 Å². The molecule has 0 bridgehead atoms. The van der Waals surface area contributed by atoms with Gasteiger partial charge in [-0.1, -0.05) is 13.0 Å². The number of pyridine rings is 2. The minimum atomic E-state index is -0.375. The first-order chi connectivity index (χ1) is 16.9. The van der Waals surface area contributed by atoms with Gasteiger partial charge < -0.3 is 24.4 Å². The lowest BCUT2D eigenvalue weighted by Crippen LogP contribution is -2.51. The van der Waals surface area contributed by atoms with Crippen LogP contribution in [0, 0.1) is 11.8 Å². The lowest BCUT2D eigenvalue weighted by atomic mass is 9.97. The van der Waals surface area contributed by atoms with Crippen molar-refractivity contribution in [3.63, 3.8) is 0 Å². The highest BCUT2D eigenvalue weighted by Gasteiger charge is 2.35. The maximum Gasteiger partial charge on any atom is 0.259 e. The van der Waals surface area contributed by atoms with Crippen molar-refractivity contribution in [2.45, 2.75) is 38.8 Å². The number of amides is 2. The Hall–Kier alpha value is -3.04. The summed E-state index contributed by atoms with van der Waals surface area (Å²) in [5.74, 6) is -0.0516. The van der Waals surface area contributed by atoms with Crippen molar-refractivity contribution in [2.75, 3.05) is 40.0 Å². The monoisotopic (exact) mass is 482 g/mol. The van der Waals surface area contributed by atoms with Gasteiger partial charge in [-0.05, 0) is 31.9 Å². The minimum Gasteiger partial charge on any atom is -0.472 e. The molecule has 2 aromatic heterocycles. The number of aliphatic hydroxyl groups excluding tert-OH is 1. The van der Waals surface area contributed by atoms with Gasteiger partial charge in [0.05, 0.1) is 19.2 Å². The number of hydrogen-bond donors (Lipinski definition) is 1. The van der Waals surface area contributed by atoms with Gasteiger partial charge in [0.25, 0.3) is 5.91 Å². The predicted octanol–water partition coefficient (Wildman–Crippen LogP) is 2.25. The van der Waals surface area contributed by atoms with E-state index in [0.717, 1.165) is 24.0 Å². The second-order valence-electron chi connectivity index (χ2n) is 9.55. The standard InChI is InChI=1S/C26H34N4O5/c1-17-14-30(18(2)16-31)26(33)22-11-21(20-5-4-8-27-12-20)13-28-24(22)35-23(17)15-29(3)25(32)19-6-9-34-10-7-19/h4-5,8,11-13,17-19,23,31H,6-7,9-10,14-16H2,1-3H3/t17-,18-,23-/m0/s1. The largest absolute Gasteiger partial charge is 0.472 e. The van der Waals surface area contributed by atoms with Gasteiger partial charge in [-0.2, -0.15) is 0 Å². The highest BCUT2D eigenvalue weighted by molar-refractivity contribution is 5.98. The van der Waals surface area contributed by atoms with Crippen molar-refractivity contribution in [1.29, 1.82) is 0 Å². The molecule has 0 aliphatic carbocycles. The average molecular weight is 483 g/mol. The number of carbonyl (C=O) groups excluding carboxylic acids is 2. The van der Waals surface area contributed by atoms with Gasteiger partial charge in [0.2, 0.25) is 11.8 Å². The van der Waals surface area contributed by atoms with Crippen molar-refractivity contribution in [3.8, 4) is 17.0 Å². The van der Waals surface area contributed by atoms with Gasteiger partial charge in [-0.3, -0.25) is 14.6 Å². The molecule has 9 nitrogen and oxygen atoms in total. The van der Waals surface area contributed by atoms with Crippen LogP contribution in [0.3, 0.4) is 0 Å². The Kier molecular flexibility index (Phi) is 7.97. The third-order valence-electron chi connectivity index (χ3n) is 6.92. The number of carbonyl (C=O) groups is 2. The van der Waals surface area contributed by atoms with E-state index in [1.807, 2.05) is 26.0 Å². The Labute approximate surface area is 206 Å². The number of ether oxygens (including phenoxy) is 2. The SMILES string of the molecule is C[C@H]1CN([C@@H](C)CO)C(=O)c2cc(-c3cccnc3)cnc2O[C@H]1CN(C)C(=O)C1CCOCC1. The zero-order valence-corrected chi connectivity index (χ0v) is 20.6. The zero-order valence-electron chi connectivity index (χ0n) is 20.6. The van der Waals surface area contributed by atoms with Crippen LogP contribution in [0.15, 0.2) is 36.8 Å². The molecule has 0 aromatic carbocycles. The molecule has 2 aromatic rings. The summed E-state index contributed by atoms with van der Waals surface area (Å²) < 4.78 is 11.7. The summed E-state index contributed by atoms with van der Waals surface area (Å²) in [6, 6.07) is 5.12. The van der Waals surface area contributed by atoms with Crippen LogP contribution >= 0.6 is 0 Å². The van der Waals surface area contributed by atoms with Gasteiger partial charge >= 0.3 is 0 Å². The van der Waals surface area contributed by atoms with Crippen LogP contribution in [0.2, 0.25) is 0 Å². The maximum atomic E-state index is 13.6. The molecule has 1 N–H and O–H groups in total. The van der Waals surface area contributed by atoms with Gasteiger partial charge in [0.1, 0.15) is 11.7 Å². The molecule has 4 rings (SSSR count). The van der Waals surface area contributed by atoms with E-state index < -0.39 is 0 Å². The average Bonchev–Trinajstić information content (AvgIpc) is 2.90. The molecule has 1 saturated heterocycles. The summed E-state index contributed by atoms with van der Waals surface area (Å²) in [6.45, 7) is 5.63. The molecule has 0 spiro atoms. The molecule has 9 heteroatoms. The Balaban J connectivity index is 1.64. The first-order valence-corrected chi connectivity index (χ1v) is 12.2. The van der Waals surface area contributed by atoms with Crippen LogP contribution < -0.4 is 4.74 Å². The number of likely N-dealkylation sites (N-methyl/N-ethyl adjacent to an activating group) is 1. The van der Waals surface area contributed by atoms with Crippen LogP contribution in [0.1, 0.15) is 37.0 Å². The number of aromatic nitrogens is 2. The molecule has 2 amide bonds. The van der Waals surface area contributed by atoms with E-state index in [0.29, 0.717) is 31.9 Å². The smallest absolute Gasteiger partial charge is 0.259 e. The quantitative estimate of drug-likeness (QED) is 0.673. The summed E-state index contributed by atoms with van der Waals surface area (Å²) in [5.41, 5.74) is 1.93. The van der Waals surface area contributed by atoms with Crippen molar-refractivity contribution < 1.29 is 24.2 Å². The third-order valence-corrected chi connectivity index (χ3v) is 6.92. The zero-order chi connectivity index (χ0) is 24.9. The molecule has 4 heterocycles. The molecule has 0 saturated carbocycles. The Morgan fingerprint density at radius 1 is 1.29 bits per heavy atom. The van der Waals surface area contributed by atoms with E-state index in [4.69, 9.17) is 9.47 Å². The number of fused-ring (bicyclic) bond motifs is 1. The fourth-order valence-corrected chi connectivity index (χ4v) is 4.63. The van der Waals surface area contributed by atoms with Crippen LogP contribution in [-0.2, 0) is 9.53 Å². The van der Waals surface area contributed by atoms with Crippen LogP contribution in [-0.4, -0.2) is 88.8 Å². The number of aliphatic hydroxyl groups is 1. The van der Waals surface area contributed by atoms with Gasteiger partial charge in [0.15, 0.2) is 0 Å². The molecule has 188 valence electrons. The number of hydrogen-bond acceptors (Lipinski definition) is 7. The second kappa shape index (κ2) is 11.1. The molecular weight excluding hydrogens is 448 g/mol. The molecule has 0 unspecified atom stereocenters. The Morgan fingerprint density at radius 3 is 2.74 bits per heavy atom. The third kappa shape index (κ3) is 5.62. The van der Waals surface area contributed by atoms with Gasteiger partial charge in [0, 0.05) is 68.4 Å². The van der Waals surface area contributed by atoms with E-state index in [9.17, 15) is 14.7 Å². The molecule has 1 fully saturated rings. The first kappa shape index (κ1) is 25.1. The molecule has 3 atom stereocenters. The first-order valence-electron chi connectivity index (χ1n) is 12.2. The van der Waals surface area contributed by atoms with Gasteiger partial charge in [-0.25, -0.2) is 4.98 Å². The van der Waals surface area contributed by atoms with Crippen LogP contribution in [0.25, 0.3) is 11.1 Å². The topological polar surface area (TPSA) is 105 Å². The highest BCUT2D eigenvalue weighted by Crippen LogP contribution is 2.30. The normalized spacial score (nSPS) is 21.9. The maximum absolute atomic E-state index is 13.6. The summed E-state index contributed by atoms with van der Waals surface area (Å²) in [6.07, 6.45) is 6.15. The van der Waals surface area contributed by atoms with Crippen molar-refractivity contribution in [3.05, 3.63) is 42.4 Å². The van der Waals surface area contributed by atoms with Gasteiger partial charge in [-0.15, -0.1) is 0 Å². The summed E-state index contributed by atoms with van der Waals surface area (Å²) in [7, 11) is 1.80. The summed E-state index contributed by atoms with van der Waals surface area (Å²) in [4.78, 5) is 38.7. The molecular formula is C26H34N4O5. The van der Waals surface area contributed by atoms with Crippen molar-refractivity contribution >= 4 is 11.8 Å². The number of rotatable bonds is 6. The molecule has 2 aliphatic heterocycles. The minimum absolute atomic E-state index is 0.0439. The second-order valence-corrected chi connectivity index (χ2v) is 9.55. The van der Waals surface area contributed by atoms with E-state index in [1.165, 1.54) is 0 Å². The van der Waals surface area contributed by atoms with Crippen molar-refractivity contribution in [1.82, 2.24) is 19.8 Å². The van der Waals surface area contributed by atoms with Crippen LogP contribution in [0.4, 0.5) is 0 Å². The lowest BCUT2D eigenvalue weighted by molar-refractivity contribution is -0.138. The highest BCUT2D eigenvalue weighted by atomic mass is 16.5. The molecule has 2 aliphatic rings.